The summed E-state index contributed by atoms with van der Waals surface area (Å²) in [4.78, 5) is 22.8. The van der Waals surface area contributed by atoms with Gasteiger partial charge in [-0.1, -0.05) is 0 Å². The lowest BCUT2D eigenvalue weighted by molar-refractivity contribution is -0.141. The van der Waals surface area contributed by atoms with Crippen molar-refractivity contribution in [2.75, 3.05) is 25.0 Å². The molecule has 1 amide bonds. The number of hydrogen-bond acceptors (Lipinski definition) is 4. The highest BCUT2D eigenvalue weighted by Crippen LogP contribution is 2.38. The molecule has 0 saturated carbocycles. The van der Waals surface area contributed by atoms with Crippen LogP contribution in [0.5, 0.6) is 0 Å². The monoisotopic (exact) mass is 328 g/mol. The summed E-state index contributed by atoms with van der Waals surface area (Å²) in [6.07, 6.45) is 0.329. The average Bonchev–Trinajstić information content (AvgIpc) is 2.70. The number of anilines is 1. The predicted octanol–water partition coefficient (Wildman–Crippen LogP) is 2.48. The molecule has 8 heteroatoms. The maximum atomic E-state index is 12.8. The molecule has 126 valence electrons. The zero-order valence-electron chi connectivity index (χ0n) is 12.9. The number of alkyl halides is 3. The van der Waals surface area contributed by atoms with Gasteiger partial charge < -0.3 is 9.80 Å². The molecule has 1 atom stereocenters. The lowest BCUT2D eigenvalue weighted by Crippen LogP contribution is -2.43. The molecule has 2 fully saturated rings. The lowest BCUT2D eigenvalue weighted by atomic mass is 9.88. The van der Waals surface area contributed by atoms with E-state index in [1.165, 1.54) is 0 Å². The van der Waals surface area contributed by atoms with Gasteiger partial charge in [0, 0.05) is 38.2 Å². The quantitative estimate of drug-likeness (QED) is 0.795. The van der Waals surface area contributed by atoms with E-state index >= 15 is 0 Å². The summed E-state index contributed by atoms with van der Waals surface area (Å²) >= 11 is 0. The van der Waals surface area contributed by atoms with Crippen molar-refractivity contribution in [3.8, 4) is 0 Å². The van der Waals surface area contributed by atoms with Crippen LogP contribution in [0.1, 0.15) is 37.8 Å². The minimum Gasteiger partial charge on any atom is -0.356 e. The zero-order chi connectivity index (χ0) is 16.7. The first kappa shape index (κ1) is 16.0. The van der Waals surface area contributed by atoms with Crippen LogP contribution in [-0.4, -0.2) is 46.5 Å². The van der Waals surface area contributed by atoms with Crippen LogP contribution in [0.4, 0.5) is 19.0 Å². The minimum atomic E-state index is -4.47. The Labute approximate surface area is 132 Å². The summed E-state index contributed by atoms with van der Waals surface area (Å²) in [5, 5.41) is 0. The molecule has 1 aromatic heterocycles. The molecule has 0 radical (unpaired) electrons. The molecule has 5 nitrogen and oxygen atoms in total. The number of hydrogen-bond donors (Lipinski definition) is 0. The Morgan fingerprint density at radius 2 is 1.96 bits per heavy atom. The molecule has 3 rings (SSSR count). The van der Waals surface area contributed by atoms with E-state index in [4.69, 9.17) is 0 Å². The minimum absolute atomic E-state index is 0.147. The third kappa shape index (κ3) is 2.98. The van der Waals surface area contributed by atoms with E-state index < -0.39 is 11.9 Å². The Kier molecular flexibility index (Phi) is 3.93. The number of carbonyl (C=O) groups is 1. The summed E-state index contributed by atoms with van der Waals surface area (Å²) in [5.74, 6) is 0.455. The molecule has 0 N–H and O–H groups in total. The van der Waals surface area contributed by atoms with Crippen LogP contribution in [0.2, 0.25) is 0 Å². The normalized spacial score (nSPS) is 26.0. The first-order valence-corrected chi connectivity index (χ1v) is 7.73. The molecule has 2 aliphatic rings. The maximum Gasteiger partial charge on any atom is 0.433 e. The van der Waals surface area contributed by atoms with Crippen molar-refractivity contribution in [2.24, 2.45) is 0 Å². The summed E-state index contributed by atoms with van der Waals surface area (Å²) in [5.41, 5.74) is -1.07. The predicted molar refractivity (Wildman–Crippen MR) is 77.8 cm³/mol. The van der Waals surface area contributed by atoms with E-state index in [9.17, 15) is 18.0 Å². The molecule has 1 unspecified atom stereocenters. The summed E-state index contributed by atoms with van der Waals surface area (Å²) in [6, 6.07) is 1.00. The van der Waals surface area contributed by atoms with Crippen LogP contribution in [0.15, 0.2) is 12.4 Å². The van der Waals surface area contributed by atoms with Gasteiger partial charge in [-0.05, 0) is 25.7 Å². The zero-order valence-corrected chi connectivity index (χ0v) is 12.9. The molecule has 0 bridgehead atoms. The van der Waals surface area contributed by atoms with Crippen molar-refractivity contribution >= 4 is 11.7 Å². The number of likely N-dealkylation sites (tertiary alicyclic amines) is 1. The summed E-state index contributed by atoms with van der Waals surface area (Å²) in [7, 11) is 1.83. The van der Waals surface area contributed by atoms with E-state index in [1.54, 1.807) is 0 Å². The topological polar surface area (TPSA) is 49.3 Å². The van der Waals surface area contributed by atoms with Gasteiger partial charge in [0.05, 0.1) is 0 Å². The average molecular weight is 328 g/mol. The molecule has 2 saturated heterocycles. The van der Waals surface area contributed by atoms with Crippen molar-refractivity contribution in [3.05, 3.63) is 18.1 Å². The molecule has 23 heavy (non-hydrogen) atoms. The van der Waals surface area contributed by atoms with E-state index in [1.807, 2.05) is 16.8 Å². The maximum absolute atomic E-state index is 12.8. The summed E-state index contributed by atoms with van der Waals surface area (Å²) < 4.78 is 38.4. The Morgan fingerprint density at radius 1 is 1.17 bits per heavy atom. The number of nitrogens with zero attached hydrogens (tertiary/aromatic N) is 4. The number of carbonyl (C=O) groups excluding carboxylic acids is 1. The van der Waals surface area contributed by atoms with Gasteiger partial charge in [0.15, 0.2) is 0 Å². The smallest absolute Gasteiger partial charge is 0.356 e. The van der Waals surface area contributed by atoms with Gasteiger partial charge in [-0.25, -0.2) is 9.97 Å². The van der Waals surface area contributed by atoms with Crippen LogP contribution in [0.25, 0.3) is 0 Å². The number of halogens is 3. The van der Waals surface area contributed by atoms with Gasteiger partial charge in [0.1, 0.15) is 17.8 Å². The fraction of sp³-hybridized carbons (Fsp3) is 0.667. The van der Waals surface area contributed by atoms with Crippen molar-refractivity contribution in [1.29, 1.82) is 0 Å². The fourth-order valence-corrected chi connectivity index (χ4v) is 3.61. The molecule has 0 aliphatic carbocycles. The van der Waals surface area contributed by atoms with Gasteiger partial charge in [-0.2, -0.15) is 13.2 Å². The van der Waals surface area contributed by atoms with Crippen molar-refractivity contribution in [2.45, 2.75) is 43.8 Å². The largest absolute Gasteiger partial charge is 0.433 e. The van der Waals surface area contributed by atoms with Gasteiger partial charge in [0.2, 0.25) is 5.91 Å². The number of aromatic nitrogens is 2. The van der Waals surface area contributed by atoms with Gasteiger partial charge >= 0.3 is 6.18 Å². The highest BCUT2D eigenvalue weighted by Gasteiger charge is 2.43. The van der Waals surface area contributed by atoms with Crippen LogP contribution in [-0.2, 0) is 11.0 Å². The second kappa shape index (κ2) is 5.65. The van der Waals surface area contributed by atoms with Crippen LogP contribution in [0.3, 0.4) is 0 Å². The van der Waals surface area contributed by atoms with Crippen molar-refractivity contribution < 1.29 is 18.0 Å². The molecule has 1 spiro atoms. The Hall–Kier alpha value is -1.86. The van der Waals surface area contributed by atoms with E-state index in [-0.39, 0.29) is 11.4 Å². The van der Waals surface area contributed by atoms with Gasteiger partial charge in [-0.3, -0.25) is 4.79 Å². The van der Waals surface area contributed by atoms with Gasteiger partial charge in [0.25, 0.3) is 0 Å². The first-order valence-electron chi connectivity index (χ1n) is 7.73. The van der Waals surface area contributed by atoms with Gasteiger partial charge in [-0.15, -0.1) is 0 Å². The molecular formula is C15H19F3N4O. The van der Waals surface area contributed by atoms with E-state index in [0.29, 0.717) is 25.3 Å². The molecule has 1 aromatic rings. The third-order valence-electron chi connectivity index (χ3n) is 5.07. The van der Waals surface area contributed by atoms with E-state index in [0.717, 1.165) is 38.1 Å². The Balaban J connectivity index is 1.78. The highest BCUT2D eigenvalue weighted by molar-refractivity contribution is 5.79. The number of rotatable bonds is 1. The molecular weight excluding hydrogens is 309 g/mol. The van der Waals surface area contributed by atoms with Crippen LogP contribution in [0, 0.1) is 0 Å². The molecule has 0 aromatic carbocycles. The Morgan fingerprint density at radius 3 is 2.61 bits per heavy atom. The second-order valence-corrected chi connectivity index (χ2v) is 6.28. The van der Waals surface area contributed by atoms with Crippen molar-refractivity contribution in [3.63, 3.8) is 0 Å². The highest BCUT2D eigenvalue weighted by atomic mass is 19.4. The first-order chi connectivity index (χ1) is 10.8. The van der Waals surface area contributed by atoms with Crippen LogP contribution < -0.4 is 4.90 Å². The molecule has 3 heterocycles. The second-order valence-electron chi connectivity index (χ2n) is 6.28. The fourth-order valence-electron chi connectivity index (χ4n) is 3.61. The van der Waals surface area contributed by atoms with Crippen molar-refractivity contribution in [1.82, 2.24) is 14.9 Å². The third-order valence-corrected chi connectivity index (χ3v) is 5.07. The Bertz CT molecular complexity index is 607. The SMILES string of the molecule is CN1C(=O)CCC12CCCN(c1cc(C(F)(F)F)ncn1)CC2. The lowest BCUT2D eigenvalue weighted by Gasteiger charge is -2.35. The van der Waals surface area contributed by atoms with Crippen LogP contribution >= 0.6 is 0 Å². The number of amides is 1. The van der Waals surface area contributed by atoms with E-state index in [2.05, 4.69) is 9.97 Å². The summed E-state index contributed by atoms with van der Waals surface area (Å²) in [6.45, 7) is 1.23. The molecule has 2 aliphatic heterocycles. The standard InChI is InChI=1S/C15H19F3N4O/c1-21-13(23)3-5-14(21)4-2-7-22(8-6-14)12-9-11(15(16,17)18)19-10-20-12/h9-10H,2-8H2,1H3.